The number of nitrogens with zero attached hydrogens (tertiary/aromatic N) is 1. The highest BCUT2D eigenvalue weighted by Gasteiger charge is 1.76. The van der Waals surface area contributed by atoms with Gasteiger partial charge in [0.2, 0.25) is 0 Å². The summed E-state index contributed by atoms with van der Waals surface area (Å²) in [6, 6.07) is 0. The number of aromatic amines is 2. The van der Waals surface area contributed by atoms with Gasteiger partial charge in [0.25, 0.3) is 0 Å². The van der Waals surface area contributed by atoms with Gasteiger partial charge < -0.3 is 4.57 Å². The fraction of sp³-hybridized carbons (Fsp3) is 0. The van der Waals surface area contributed by atoms with Crippen molar-refractivity contribution in [3.63, 3.8) is 0 Å². The molecule has 1 aromatic rings. The fourth-order valence-corrected chi connectivity index (χ4v) is 0.245. The van der Waals surface area contributed by atoms with Crippen LogP contribution >= 0.6 is 8.61 Å². The number of hydrogen-bond donors (Lipinski definition) is 2. The van der Waals surface area contributed by atoms with E-state index in [0.29, 0.717) is 0 Å². The second-order valence-electron chi connectivity index (χ2n) is 0.699. The molecule has 0 saturated heterocycles. The third-order valence-electron chi connectivity index (χ3n) is 0.346. The Labute approximate surface area is 29.4 Å². The maximum atomic E-state index is 9.58. The molecular weight excluding hydrogens is 89.0 g/mol. The fourth-order valence-electron chi connectivity index (χ4n) is 0.0816. The summed E-state index contributed by atoms with van der Waals surface area (Å²) in [5.74, 6) is 0. The molecule has 0 aliphatic heterocycles. The molecule has 0 fully saturated rings. The Kier molecular flexibility index (Phi) is 0.451. The van der Waals surface area contributed by atoms with Crippen molar-refractivity contribution in [3.8, 4) is 0 Å². The molecule has 1 atom stereocenters. The van der Waals surface area contributed by atoms with Crippen LogP contribution in [0.1, 0.15) is 0 Å². The summed E-state index contributed by atoms with van der Waals surface area (Å²) in [7, 11) is -0.796. The highest BCUT2D eigenvalue weighted by Crippen LogP contribution is 1.90. The lowest BCUT2D eigenvalue weighted by Crippen LogP contribution is -1.50. The summed E-state index contributed by atoms with van der Waals surface area (Å²) >= 11 is 0. The van der Waals surface area contributed by atoms with Gasteiger partial charge in [0.1, 0.15) is 0 Å². The lowest BCUT2D eigenvalue weighted by atomic mass is 13.2. The topological polar surface area (TPSA) is 53.6 Å². The van der Waals surface area contributed by atoms with Crippen molar-refractivity contribution in [2.24, 2.45) is 0 Å². The molecule has 5 heteroatoms. The van der Waals surface area contributed by atoms with Crippen LogP contribution in [-0.2, 0) is 4.57 Å². The SMILES string of the molecule is O=[PH2]n1[nH][nH]1. The molecule has 5 heavy (non-hydrogen) atoms. The van der Waals surface area contributed by atoms with Gasteiger partial charge in [-0.05, 0) is 0 Å². The highest BCUT2D eigenvalue weighted by atomic mass is 31.1. The molecule has 0 amide bonds. The van der Waals surface area contributed by atoms with Gasteiger partial charge in [0, 0.05) is 0 Å². The Balaban J connectivity index is 2.64. The van der Waals surface area contributed by atoms with Gasteiger partial charge in [0.05, 0.1) is 0 Å². The lowest BCUT2D eigenvalue weighted by Gasteiger charge is -1.53. The zero-order chi connectivity index (χ0) is 3.70. The number of H-pyrrole nitrogens is 2. The van der Waals surface area contributed by atoms with Gasteiger partial charge in [-0.15, -0.1) is 4.57 Å². The predicted octanol–water partition coefficient (Wildman–Crippen LogP) is -0.336. The summed E-state index contributed by atoms with van der Waals surface area (Å²) in [4.78, 5) is 0. The van der Waals surface area contributed by atoms with Crippen molar-refractivity contribution >= 4 is 8.61 Å². The number of rotatable bonds is 1. The highest BCUT2D eigenvalue weighted by molar-refractivity contribution is 7.21. The Morgan fingerprint density at radius 2 is 2.20 bits per heavy atom. The summed E-state index contributed by atoms with van der Waals surface area (Å²) in [6.07, 6.45) is 0. The van der Waals surface area contributed by atoms with Gasteiger partial charge in [0.15, 0.2) is 8.61 Å². The number of aromatic nitrogens is 3. The minimum Gasteiger partial charge on any atom is -0.303 e. The number of hydrogen-bond acceptors (Lipinski definition) is 1. The molecule has 0 aliphatic rings. The zero-order valence-corrected chi connectivity index (χ0v) is 3.59. The average molecular weight is 93.0 g/mol. The van der Waals surface area contributed by atoms with E-state index in [2.05, 4.69) is 10.4 Å². The second kappa shape index (κ2) is 0.792. The van der Waals surface area contributed by atoms with Crippen LogP contribution in [0.2, 0.25) is 0 Å². The maximum absolute atomic E-state index is 9.58. The van der Waals surface area contributed by atoms with Crippen LogP contribution < -0.4 is 0 Å². The molecule has 1 unspecified atom stereocenters. The molecular formula is H4N3OP. The van der Waals surface area contributed by atoms with Crippen LogP contribution in [0.5, 0.6) is 0 Å². The van der Waals surface area contributed by atoms with Gasteiger partial charge in [-0.2, -0.15) is 0 Å². The Bertz CT molecular complexity index is 93.8. The largest absolute Gasteiger partial charge is 0.303 e. The first-order chi connectivity index (χ1) is 2.43. The van der Waals surface area contributed by atoms with E-state index in [0.717, 1.165) is 0 Å². The summed E-state index contributed by atoms with van der Waals surface area (Å²) in [6.45, 7) is 0. The molecule has 1 heterocycles. The van der Waals surface area contributed by atoms with Gasteiger partial charge in [-0.3, -0.25) is 0 Å². The zero-order valence-electron chi connectivity index (χ0n) is 2.43. The van der Waals surface area contributed by atoms with E-state index in [1.165, 1.54) is 4.57 Å². The number of nitrogens with one attached hydrogen (secondary N) is 2. The van der Waals surface area contributed by atoms with Crippen molar-refractivity contribution in [3.05, 3.63) is 0 Å². The molecule has 0 bridgehead atoms. The molecule has 0 aliphatic carbocycles. The quantitative estimate of drug-likeness (QED) is 0.458. The molecule has 2 N–H and O–H groups in total. The predicted molar refractivity (Wildman–Crippen MR) is 18.9 cm³/mol. The molecule has 4 nitrogen and oxygen atoms in total. The summed E-state index contributed by atoms with van der Waals surface area (Å²) in [5, 5.41) is 4.98. The van der Waals surface area contributed by atoms with Crippen LogP contribution in [0, 0.1) is 0 Å². The molecule has 0 radical (unpaired) electrons. The van der Waals surface area contributed by atoms with E-state index >= 15 is 0 Å². The van der Waals surface area contributed by atoms with Crippen molar-refractivity contribution in [2.75, 3.05) is 0 Å². The Morgan fingerprint density at radius 3 is 2.20 bits per heavy atom. The summed E-state index contributed by atoms with van der Waals surface area (Å²) in [5.41, 5.74) is 0. The first-order valence-corrected chi connectivity index (χ1v) is 2.18. The molecule has 0 aromatic carbocycles. The molecule has 30 valence electrons. The van der Waals surface area contributed by atoms with Crippen molar-refractivity contribution in [1.29, 1.82) is 0 Å². The maximum Gasteiger partial charge on any atom is 0.187 e. The van der Waals surface area contributed by atoms with Crippen molar-refractivity contribution in [2.45, 2.75) is 0 Å². The van der Waals surface area contributed by atoms with Gasteiger partial charge in [-0.1, -0.05) is 0 Å². The van der Waals surface area contributed by atoms with E-state index in [1.54, 1.807) is 0 Å². The van der Waals surface area contributed by atoms with Crippen LogP contribution in [0.3, 0.4) is 0 Å². The molecule has 1 rings (SSSR count). The van der Waals surface area contributed by atoms with Gasteiger partial charge >= 0.3 is 0 Å². The van der Waals surface area contributed by atoms with Crippen LogP contribution in [0.4, 0.5) is 0 Å². The van der Waals surface area contributed by atoms with E-state index in [4.69, 9.17) is 0 Å². The Morgan fingerprint density at radius 1 is 1.60 bits per heavy atom. The Hall–Kier alpha value is -0.370. The third kappa shape index (κ3) is 0.450. The minimum atomic E-state index is -0.796. The van der Waals surface area contributed by atoms with Crippen molar-refractivity contribution in [1.82, 2.24) is 15.0 Å². The van der Waals surface area contributed by atoms with Crippen LogP contribution in [0.25, 0.3) is 0 Å². The molecule has 0 spiro atoms. The van der Waals surface area contributed by atoms with Gasteiger partial charge in [-0.25, -0.2) is 10.4 Å². The molecule has 0 saturated carbocycles. The smallest absolute Gasteiger partial charge is 0.187 e. The average Bonchev–Trinajstić information content (AvgIpc) is 2.12. The second-order valence-corrected chi connectivity index (χ2v) is 1.43. The minimum absolute atomic E-state index is 0.796. The first-order valence-electron chi connectivity index (χ1n) is 1.19. The third-order valence-corrected chi connectivity index (χ3v) is 0.815. The van der Waals surface area contributed by atoms with E-state index in [-0.39, 0.29) is 0 Å². The van der Waals surface area contributed by atoms with Crippen LogP contribution in [-0.4, -0.2) is 15.0 Å². The van der Waals surface area contributed by atoms with Crippen LogP contribution in [0.15, 0.2) is 0 Å². The van der Waals surface area contributed by atoms with E-state index in [9.17, 15) is 4.57 Å². The lowest BCUT2D eigenvalue weighted by molar-refractivity contribution is 0.594. The van der Waals surface area contributed by atoms with E-state index < -0.39 is 8.61 Å². The first kappa shape index (κ1) is 2.85. The monoisotopic (exact) mass is 93.0 g/mol. The van der Waals surface area contributed by atoms with Crippen molar-refractivity contribution < 1.29 is 4.57 Å². The summed E-state index contributed by atoms with van der Waals surface area (Å²) < 4.78 is 11.0. The molecule has 1 aromatic heterocycles. The van der Waals surface area contributed by atoms with E-state index in [1.807, 2.05) is 0 Å². The normalized spacial score (nSPS) is 12.0. The standard InChI is InChI=1S/H4N3OP/c4-5-3-1-2-3/h1-2H,5H2.